The summed E-state index contributed by atoms with van der Waals surface area (Å²) in [4.78, 5) is 3.25. The maximum absolute atomic E-state index is 9.36. The number of aromatic hydroxyl groups is 1. The zero-order valence-electron chi connectivity index (χ0n) is 13.1. The predicted molar refractivity (Wildman–Crippen MR) is 94.7 cm³/mol. The Morgan fingerprint density at radius 1 is 1.14 bits per heavy atom. The molecule has 0 amide bonds. The van der Waals surface area contributed by atoms with Crippen LogP contribution in [0.4, 0.5) is 0 Å². The molecule has 0 spiro atoms. The molecule has 0 saturated carbocycles. The van der Waals surface area contributed by atoms with Crippen molar-refractivity contribution < 1.29 is 25.1 Å². The van der Waals surface area contributed by atoms with Crippen LogP contribution >= 0.6 is 24.8 Å². The van der Waals surface area contributed by atoms with Gasteiger partial charge in [0.15, 0.2) is 0 Å². The van der Waals surface area contributed by atoms with Crippen LogP contribution in [0.25, 0.3) is 0 Å². The van der Waals surface area contributed by atoms with E-state index in [1.54, 1.807) is 26.0 Å². The Morgan fingerprint density at radius 2 is 1.71 bits per heavy atom. The summed E-state index contributed by atoms with van der Waals surface area (Å²) in [6.07, 6.45) is 10.0. The van der Waals surface area contributed by atoms with Crippen LogP contribution in [0.5, 0.6) is 5.75 Å². The standard InChI is InChI=1S/C11H16O.C5H5.CH2.2ClH.Ti/c1-8-5-9(11(2,3)4)7-10(12)6-8;1-2-4-5-3-1;;;;/h5-7,12H,1-4H3;1-3H,4H2;1H2;2*1H;/q;-1;;;;+1. The van der Waals surface area contributed by atoms with Crippen LogP contribution in [0.2, 0.25) is 0 Å². The number of halogens is 2. The topological polar surface area (TPSA) is 20.2 Å². The van der Waals surface area contributed by atoms with E-state index in [1.165, 1.54) is 5.56 Å². The Morgan fingerprint density at radius 3 is 2.00 bits per heavy atom. The van der Waals surface area contributed by atoms with Crippen LogP contribution in [0.3, 0.4) is 0 Å². The second-order valence-electron chi connectivity index (χ2n) is 5.31. The van der Waals surface area contributed by atoms with Gasteiger partial charge >= 0.3 is 24.8 Å². The first-order valence-electron chi connectivity index (χ1n) is 6.28. The monoisotopic (exact) mass is 363 g/mol. The minimum atomic E-state index is 0. The molecule has 117 valence electrons. The summed E-state index contributed by atoms with van der Waals surface area (Å²) in [5.74, 6) is 0.361. The van der Waals surface area contributed by atoms with E-state index in [1.807, 2.05) is 25.1 Å². The number of hydrogen-bond donors (Lipinski definition) is 1. The average Bonchev–Trinajstić information content (AvgIpc) is 2.88. The fraction of sp³-hybridized carbons (Fsp3) is 0.353. The summed E-state index contributed by atoms with van der Waals surface area (Å²) in [7, 11) is 0. The summed E-state index contributed by atoms with van der Waals surface area (Å²) in [5, 5.41) is 9.36. The molecule has 0 aliphatic heterocycles. The minimum absolute atomic E-state index is 0. The summed E-state index contributed by atoms with van der Waals surface area (Å²) >= 11 is 1.75. The van der Waals surface area contributed by atoms with Crippen molar-refractivity contribution in [2.45, 2.75) is 39.5 Å². The number of hydrogen-bond acceptors (Lipinski definition) is 1. The molecule has 1 aromatic carbocycles. The summed E-state index contributed by atoms with van der Waals surface area (Å²) in [5.41, 5.74) is 2.41. The number of phenols is 1. The van der Waals surface area contributed by atoms with Gasteiger partial charge in [0.1, 0.15) is 5.75 Å². The van der Waals surface area contributed by atoms with Gasteiger partial charge in [0.2, 0.25) is 0 Å². The second-order valence-corrected chi connectivity index (χ2v) is 5.31. The van der Waals surface area contributed by atoms with E-state index >= 15 is 0 Å². The zero-order valence-corrected chi connectivity index (χ0v) is 16.3. The molecule has 1 N–H and O–H groups in total. The molecular weight excluding hydrogens is 339 g/mol. The number of rotatable bonds is 0. The van der Waals surface area contributed by atoms with Gasteiger partial charge in [-0.2, -0.15) is 6.08 Å². The van der Waals surface area contributed by atoms with Crippen molar-refractivity contribution in [1.82, 2.24) is 0 Å². The molecule has 0 fully saturated rings. The quantitative estimate of drug-likeness (QED) is 0.501. The van der Waals surface area contributed by atoms with Gasteiger partial charge in [0.05, 0.1) is 0 Å². The first-order chi connectivity index (χ1) is 8.89. The number of benzene rings is 1. The van der Waals surface area contributed by atoms with E-state index < -0.39 is 0 Å². The molecule has 21 heavy (non-hydrogen) atoms. The van der Waals surface area contributed by atoms with Crippen LogP contribution in [0.15, 0.2) is 36.4 Å². The molecule has 1 nitrogen and oxygen atoms in total. The van der Waals surface area contributed by atoms with Gasteiger partial charge in [-0.15, -0.1) is 31.2 Å². The van der Waals surface area contributed by atoms with Crippen LogP contribution < -0.4 is 0 Å². The average molecular weight is 364 g/mol. The molecule has 1 aliphatic carbocycles. The van der Waals surface area contributed by atoms with Gasteiger partial charge in [0.25, 0.3) is 0 Å². The first kappa shape index (κ1) is 25.6. The van der Waals surface area contributed by atoms with E-state index in [0.29, 0.717) is 5.75 Å². The summed E-state index contributed by atoms with van der Waals surface area (Å²) in [6, 6.07) is 5.71. The number of aryl methyl sites for hydroxylation is 1. The van der Waals surface area contributed by atoms with Crippen molar-refractivity contribution in [3.8, 4) is 5.75 Å². The third-order valence-corrected chi connectivity index (χ3v) is 2.51. The van der Waals surface area contributed by atoms with E-state index in [4.69, 9.17) is 0 Å². The molecule has 0 unspecified atom stereocenters. The Hall–Kier alpha value is -0.336. The van der Waals surface area contributed by atoms with Crippen LogP contribution in [0, 0.1) is 13.0 Å². The molecule has 1 aromatic rings. The van der Waals surface area contributed by atoms with E-state index in [-0.39, 0.29) is 30.2 Å². The SMILES string of the molecule is Cc1cc(O)cc(C(C)(C)C)c1.Cl.Cl.[C-]1=CC=CC1.[CH2]=[Ti+]. The Labute approximate surface area is 153 Å². The predicted octanol–water partition coefficient (Wildman–Crippen LogP) is 5.11. The van der Waals surface area contributed by atoms with Gasteiger partial charge < -0.3 is 5.11 Å². The summed E-state index contributed by atoms with van der Waals surface area (Å²) < 4.78 is 0. The molecule has 0 saturated heterocycles. The van der Waals surface area contributed by atoms with Gasteiger partial charge in [-0.1, -0.05) is 26.8 Å². The van der Waals surface area contributed by atoms with Crippen LogP contribution in [-0.2, 0) is 25.4 Å². The van der Waals surface area contributed by atoms with E-state index in [2.05, 4.69) is 43.8 Å². The van der Waals surface area contributed by atoms with Crippen molar-refractivity contribution in [1.29, 1.82) is 0 Å². The van der Waals surface area contributed by atoms with Crippen LogP contribution in [0.1, 0.15) is 38.3 Å². The third kappa shape index (κ3) is 11.9. The van der Waals surface area contributed by atoms with Gasteiger partial charge in [-0.3, -0.25) is 6.08 Å². The maximum atomic E-state index is 9.36. The Balaban J connectivity index is -0.000000306. The zero-order chi connectivity index (χ0) is 14.9. The van der Waals surface area contributed by atoms with Crippen molar-refractivity contribution in [3.05, 3.63) is 53.6 Å². The molecule has 0 heterocycles. The Bertz CT molecular complexity index is 418. The molecule has 0 aromatic heterocycles. The van der Waals surface area contributed by atoms with Crippen LogP contribution in [-0.4, -0.2) is 9.92 Å². The third-order valence-electron chi connectivity index (χ3n) is 2.51. The molecule has 0 bridgehead atoms. The fourth-order valence-corrected chi connectivity index (χ4v) is 1.54. The van der Waals surface area contributed by atoms with Crippen molar-refractivity contribution in [2.75, 3.05) is 0 Å². The van der Waals surface area contributed by atoms with E-state index in [0.717, 1.165) is 12.0 Å². The van der Waals surface area contributed by atoms with Crippen molar-refractivity contribution in [3.63, 3.8) is 0 Å². The molecular formula is C17H25Cl2OTi. The molecule has 0 atom stereocenters. The van der Waals surface area contributed by atoms with Gasteiger partial charge in [-0.05, 0) is 35.6 Å². The van der Waals surface area contributed by atoms with Crippen molar-refractivity contribution in [2.24, 2.45) is 0 Å². The van der Waals surface area contributed by atoms with Crippen molar-refractivity contribution >= 4 is 29.6 Å². The summed E-state index contributed by atoms with van der Waals surface area (Å²) in [6.45, 7) is 8.42. The normalized spacial score (nSPS) is 11.1. The first-order valence-corrected chi connectivity index (χ1v) is 7.38. The number of phenolic OH excluding ortho intramolecular Hbond substituents is 1. The second kappa shape index (κ2) is 13.3. The van der Waals surface area contributed by atoms with Gasteiger partial charge in [-0.25, -0.2) is 12.2 Å². The molecule has 1 aliphatic rings. The molecule has 2 rings (SSSR count). The van der Waals surface area contributed by atoms with E-state index in [9.17, 15) is 5.11 Å². The number of allylic oxidation sites excluding steroid dienone is 4. The van der Waals surface area contributed by atoms with Gasteiger partial charge in [0, 0.05) is 0 Å². The molecule has 4 heteroatoms. The Kier molecular flexibility index (Phi) is 16.3. The fourth-order valence-electron chi connectivity index (χ4n) is 1.54. The molecule has 0 radical (unpaired) electrons.